The van der Waals surface area contributed by atoms with Crippen molar-refractivity contribution < 1.29 is 9.52 Å². The van der Waals surface area contributed by atoms with Crippen LogP contribution in [0, 0.1) is 0 Å². The highest BCUT2D eigenvalue weighted by Gasteiger charge is 2.14. The summed E-state index contributed by atoms with van der Waals surface area (Å²) in [5, 5.41) is 14.5. The molecule has 0 aliphatic rings. The van der Waals surface area contributed by atoms with Crippen molar-refractivity contribution in [2.24, 2.45) is 0 Å². The molecule has 1 unspecified atom stereocenters. The van der Waals surface area contributed by atoms with Crippen LogP contribution in [0.15, 0.2) is 35.1 Å². The third-order valence-electron chi connectivity index (χ3n) is 3.25. The van der Waals surface area contributed by atoms with Crippen molar-refractivity contribution in [3.8, 4) is 0 Å². The first-order valence-electron chi connectivity index (χ1n) is 6.50. The van der Waals surface area contributed by atoms with E-state index in [1.165, 1.54) is 0 Å². The molecule has 0 aromatic carbocycles. The Hall–Kier alpha value is -1.55. The molecule has 0 amide bonds. The molecular weight excluding hydrogens is 228 g/mol. The van der Waals surface area contributed by atoms with E-state index in [1.807, 2.05) is 16.9 Å². The molecule has 0 radical (unpaired) electrons. The minimum absolute atomic E-state index is 0.444. The number of aromatic nitrogens is 2. The van der Waals surface area contributed by atoms with Gasteiger partial charge in [-0.05, 0) is 31.0 Å². The fraction of sp³-hybridized carbons (Fsp3) is 0.500. The molecule has 0 bridgehead atoms. The molecule has 0 fully saturated rings. The van der Waals surface area contributed by atoms with E-state index >= 15 is 0 Å². The number of aliphatic hydroxyl groups excluding tert-OH is 1. The van der Waals surface area contributed by atoms with Crippen LogP contribution in [0.1, 0.15) is 50.3 Å². The van der Waals surface area contributed by atoms with E-state index in [-0.39, 0.29) is 0 Å². The average molecular weight is 248 g/mol. The monoisotopic (exact) mass is 248 g/mol. The highest BCUT2D eigenvalue weighted by molar-refractivity contribution is 5.08. The van der Waals surface area contributed by atoms with Gasteiger partial charge in [0.2, 0.25) is 0 Å². The molecule has 2 aromatic heterocycles. The van der Waals surface area contributed by atoms with Gasteiger partial charge in [-0.1, -0.05) is 13.8 Å². The van der Waals surface area contributed by atoms with Gasteiger partial charge in [-0.2, -0.15) is 5.10 Å². The highest BCUT2D eigenvalue weighted by Crippen LogP contribution is 2.19. The second-order valence-corrected chi connectivity index (χ2v) is 4.49. The second kappa shape index (κ2) is 5.87. The normalized spacial score (nSPS) is 13.1. The van der Waals surface area contributed by atoms with Crippen LogP contribution in [-0.2, 0) is 6.42 Å². The fourth-order valence-electron chi connectivity index (χ4n) is 2.13. The Labute approximate surface area is 107 Å². The van der Waals surface area contributed by atoms with Crippen LogP contribution in [0.3, 0.4) is 0 Å². The van der Waals surface area contributed by atoms with Crippen LogP contribution in [0.4, 0.5) is 0 Å². The summed E-state index contributed by atoms with van der Waals surface area (Å²) in [6.45, 7) is 4.32. The first kappa shape index (κ1) is 12.9. The zero-order valence-corrected chi connectivity index (χ0v) is 10.9. The van der Waals surface area contributed by atoms with Crippen molar-refractivity contribution in [3.63, 3.8) is 0 Å². The van der Waals surface area contributed by atoms with Crippen molar-refractivity contribution in [1.82, 2.24) is 9.78 Å². The Balaban J connectivity index is 2.02. The lowest BCUT2D eigenvalue weighted by atomic mass is 10.1. The van der Waals surface area contributed by atoms with Gasteiger partial charge in [0.05, 0.1) is 18.0 Å². The molecule has 2 aromatic rings. The summed E-state index contributed by atoms with van der Waals surface area (Å²) in [5.41, 5.74) is 0.894. The van der Waals surface area contributed by atoms with Gasteiger partial charge in [0.25, 0.3) is 0 Å². The van der Waals surface area contributed by atoms with Gasteiger partial charge >= 0.3 is 0 Å². The van der Waals surface area contributed by atoms with Crippen LogP contribution in [0.5, 0.6) is 0 Å². The molecule has 0 saturated heterocycles. The molecule has 18 heavy (non-hydrogen) atoms. The molecule has 0 aliphatic carbocycles. The number of nitrogens with zero attached hydrogens (tertiary/aromatic N) is 2. The molecule has 0 saturated carbocycles. The Morgan fingerprint density at radius 2 is 2.11 bits per heavy atom. The van der Waals surface area contributed by atoms with E-state index in [0.29, 0.717) is 18.2 Å². The Kier molecular flexibility index (Phi) is 4.20. The van der Waals surface area contributed by atoms with Crippen molar-refractivity contribution in [1.29, 1.82) is 0 Å². The predicted molar refractivity (Wildman–Crippen MR) is 69.2 cm³/mol. The maximum atomic E-state index is 9.98. The summed E-state index contributed by atoms with van der Waals surface area (Å²) < 4.78 is 7.17. The molecule has 98 valence electrons. The minimum atomic E-state index is -0.620. The molecule has 4 nitrogen and oxygen atoms in total. The molecule has 0 spiro atoms. The van der Waals surface area contributed by atoms with E-state index < -0.39 is 6.10 Å². The zero-order chi connectivity index (χ0) is 13.0. The van der Waals surface area contributed by atoms with Crippen LogP contribution >= 0.6 is 0 Å². The number of hydrogen-bond donors (Lipinski definition) is 1. The Bertz CT molecular complexity index is 458. The zero-order valence-electron chi connectivity index (χ0n) is 10.9. The van der Waals surface area contributed by atoms with Gasteiger partial charge in [0.1, 0.15) is 11.9 Å². The first-order valence-corrected chi connectivity index (χ1v) is 6.50. The lowest BCUT2D eigenvalue weighted by Crippen LogP contribution is -2.09. The average Bonchev–Trinajstić information content (AvgIpc) is 3.01. The van der Waals surface area contributed by atoms with Crippen molar-refractivity contribution in [2.75, 3.05) is 0 Å². The lowest BCUT2D eigenvalue weighted by molar-refractivity contribution is 0.148. The molecular formula is C14H20N2O2. The van der Waals surface area contributed by atoms with Crippen LogP contribution < -0.4 is 0 Å². The third kappa shape index (κ3) is 2.82. The Morgan fingerprint density at radius 1 is 1.33 bits per heavy atom. The summed E-state index contributed by atoms with van der Waals surface area (Å²) in [7, 11) is 0. The van der Waals surface area contributed by atoms with Crippen molar-refractivity contribution in [2.45, 2.75) is 45.3 Å². The second-order valence-electron chi connectivity index (χ2n) is 4.49. The van der Waals surface area contributed by atoms with E-state index in [1.54, 1.807) is 18.4 Å². The van der Waals surface area contributed by atoms with Crippen molar-refractivity contribution >= 4 is 0 Å². The smallest absolute Gasteiger partial charge is 0.132 e. The first-order chi connectivity index (χ1) is 8.74. The summed E-state index contributed by atoms with van der Waals surface area (Å²) in [6.07, 6.45) is 5.56. The van der Waals surface area contributed by atoms with E-state index in [0.717, 1.165) is 18.5 Å². The van der Waals surface area contributed by atoms with E-state index in [4.69, 9.17) is 4.42 Å². The van der Waals surface area contributed by atoms with E-state index in [9.17, 15) is 5.11 Å². The Morgan fingerprint density at radius 3 is 2.72 bits per heavy atom. The van der Waals surface area contributed by atoms with E-state index in [2.05, 4.69) is 18.9 Å². The maximum Gasteiger partial charge on any atom is 0.132 e. The van der Waals surface area contributed by atoms with Gasteiger partial charge in [-0.25, -0.2) is 0 Å². The largest absolute Gasteiger partial charge is 0.467 e. The summed E-state index contributed by atoms with van der Waals surface area (Å²) in [6, 6.07) is 5.97. The molecule has 2 heterocycles. The molecule has 2 rings (SSSR count). The summed E-state index contributed by atoms with van der Waals surface area (Å²) >= 11 is 0. The quantitative estimate of drug-likeness (QED) is 0.854. The van der Waals surface area contributed by atoms with Crippen LogP contribution in [0.25, 0.3) is 0 Å². The lowest BCUT2D eigenvalue weighted by Gasteiger charge is -2.12. The summed E-state index contributed by atoms with van der Waals surface area (Å²) in [5.74, 6) is 0.590. The van der Waals surface area contributed by atoms with Gasteiger partial charge in [0.15, 0.2) is 0 Å². The predicted octanol–water partition coefficient (Wildman–Crippen LogP) is 3.11. The maximum absolute atomic E-state index is 9.98. The van der Waals surface area contributed by atoms with Gasteiger partial charge < -0.3 is 9.52 Å². The number of hydrogen-bond acceptors (Lipinski definition) is 3. The van der Waals surface area contributed by atoms with Gasteiger partial charge in [0, 0.05) is 12.6 Å². The van der Waals surface area contributed by atoms with Crippen molar-refractivity contribution in [3.05, 3.63) is 42.1 Å². The number of aliphatic hydroxyl groups is 1. The van der Waals surface area contributed by atoms with Crippen LogP contribution in [-0.4, -0.2) is 14.9 Å². The number of rotatable bonds is 6. The number of furan rings is 1. The molecule has 1 N–H and O–H groups in total. The minimum Gasteiger partial charge on any atom is -0.467 e. The summed E-state index contributed by atoms with van der Waals surface area (Å²) in [4.78, 5) is 0. The molecule has 1 atom stereocenters. The highest BCUT2D eigenvalue weighted by atomic mass is 16.4. The topological polar surface area (TPSA) is 51.2 Å². The standard InChI is InChI=1S/C14H20N2O2/c1-3-12(4-2)16-8-7-11(15-16)10-13(17)14-6-5-9-18-14/h5-9,12-13,17H,3-4,10H2,1-2H3. The fourth-order valence-corrected chi connectivity index (χ4v) is 2.13. The van der Waals surface area contributed by atoms with Crippen LogP contribution in [0.2, 0.25) is 0 Å². The van der Waals surface area contributed by atoms with Gasteiger partial charge in [-0.15, -0.1) is 0 Å². The third-order valence-corrected chi connectivity index (χ3v) is 3.25. The SMILES string of the molecule is CCC(CC)n1ccc(CC(O)c2ccco2)n1. The molecule has 4 heteroatoms. The molecule has 0 aliphatic heterocycles. The van der Waals surface area contributed by atoms with Gasteiger partial charge in [-0.3, -0.25) is 4.68 Å².